The van der Waals surface area contributed by atoms with Gasteiger partial charge in [-0.1, -0.05) is 0 Å². The van der Waals surface area contributed by atoms with Crippen molar-refractivity contribution < 1.29 is 0 Å². The Morgan fingerprint density at radius 2 is 2.42 bits per heavy atom. The van der Waals surface area contributed by atoms with Crippen molar-refractivity contribution in [2.75, 3.05) is 0 Å². The van der Waals surface area contributed by atoms with Crippen LogP contribution in [0, 0.1) is 0 Å². The summed E-state index contributed by atoms with van der Waals surface area (Å²) in [5.74, 6) is 0.644. The molecule has 12 heavy (non-hydrogen) atoms. The zero-order chi connectivity index (χ0) is 8.55. The van der Waals surface area contributed by atoms with Crippen LogP contribution in [-0.4, -0.2) is 14.6 Å². The van der Waals surface area contributed by atoms with Crippen LogP contribution in [0.5, 0.6) is 0 Å². The van der Waals surface area contributed by atoms with Gasteiger partial charge in [0.2, 0.25) is 0 Å². The molecule has 2 aromatic rings. The first-order valence-electron chi connectivity index (χ1n) is 3.50. The molecule has 0 saturated heterocycles. The van der Waals surface area contributed by atoms with E-state index in [4.69, 9.17) is 5.73 Å². The fourth-order valence-corrected chi connectivity index (χ4v) is 1.40. The van der Waals surface area contributed by atoms with E-state index in [1.165, 1.54) is 0 Å². The maximum Gasteiger partial charge on any atom is 0.162 e. The summed E-state index contributed by atoms with van der Waals surface area (Å²) < 4.78 is 2.74. The van der Waals surface area contributed by atoms with Crippen LogP contribution >= 0.6 is 15.9 Å². The van der Waals surface area contributed by atoms with E-state index in [0.29, 0.717) is 12.4 Å². The quantitative estimate of drug-likeness (QED) is 0.788. The highest BCUT2D eigenvalue weighted by atomic mass is 79.9. The van der Waals surface area contributed by atoms with Gasteiger partial charge in [-0.2, -0.15) is 5.10 Å². The Kier molecular flexibility index (Phi) is 1.82. The summed E-state index contributed by atoms with van der Waals surface area (Å²) in [7, 11) is 0. The van der Waals surface area contributed by atoms with Crippen molar-refractivity contribution >= 4 is 21.4 Å². The molecule has 0 saturated carbocycles. The minimum Gasteiger partial charge on any atom is -0.324 e. The Morgan fingerprint density at radius 3 is 3.17 bits per heavy atom. The van der Waals surface area contributed by atoms with E-state index in [-0.39, 0.29) is 0 Å². The molecule has 0 bridgehead atoms. The molecule has 0 unspecified atom stereocenters. The third-order valence-electron chi connectivity index (χ3n) is 1.60. The second-order valence-corrected chi connectivity index (χ2v) is 3.23. The molecule has 0 radical (unpaired) electrons. The maximum absolute atomic E-state index is 5.40. The van der Waals surface area contributed by atoms with Gasteiger partial charge in [0, 0.05) is 10.7 Å². The average Bonchev–Trinajstić information content (AvgIpc) is 2.47. The lowest BCUT2D eigenvalue weighted by Gasteiger charge is -1.96. The third kappa shape index (κ3) is 1.11. The van der Waals surface area contributed by atoms with Crippen molar-refractivity contribution in [1.82, 2.24) is 14.6 Å². The lowest BCUT2D eigenvalue weighted by atomic mass is 10.5. The monoisotopic (exact) mass is 226 g/mol. The highest BCUT2D eigenvalue weighted by Crippen LogP contribution is 2.16. The van der Waals surface area contributed by atoms with Crippen LogP contribution in [0.1, 0.15) is 5.82 Å². The number of rotatable bonds is 1. The minimum atomic E-state index is 0.367. The Balaban J connectivity index is 2.69. The molecule has 2 aromatic heterocycles. The predicted molar refractivity (Wildman–Crippen MR) is 48.6 cm³/mol. The van der Waals surface area contributed by atoms with Crippen LogP contribution in [0.3, 0.4) is 0 Å². The first kappa shape index (κ1) is 7.70. The molecule has 0 fully saturated rings. The van der Waals surface area contributed by atoms with E-state index in [1.54, 1.807) is 10.7 Å². The van der Waals surface area contributed by atoms with Gasteiger partial charge < -0.3 is 5.73 Å². The van der Waals surface area contributed by atoms with Crippen molar-refractivity contribution in [2.24, 2.45) is 5.73 Å². The van der Waals surface area contributed by atoms with Gasteiger partial charge in [0.25, 0.3) is 0 Å². The van der Waals surface area contributed by atoms with Crippen molar-refractivity contribution in [3.8, 4) is 0 Å². The van der Waals surface area contributed by atoms with E-state index in [1.807, 2.05) is 12.3 Å². The van der Waals surface area contributed by atoms with Crippen LogP contribution in [0.15, 0.2) is 22.9 Å². The smallest absolute Gasteiger partial charge is 0.162 e. The zero-order valence-electron chi connectivity index (χ0n) is 6.24. The molecule has 0 aliphatic heterocycles. The fraction of sp³-hybridized carbons (Fsp3) is 0.143. The molecule has 2 rings (SSSR count). The fourth-order valence-electron chi connectivity index (χ4n) is 0.999. The summed E-state index contributed by atoms with van der Waals surface area (Å²) in [6.45, 7) is 0.367. The Hall–Kier alpha value is -0.940. The lowest BCUT2D eigenvalue weighted by molar-refractivity contribution is 0.799. The summed E-state index contributed by atoms with van der Waals surface area (Å²) in [4.78, 5) is 4.07. The summed E-state index contributed by atoms with van der Waals surface area (Å²) in [6, 6.07) is 1.92. The van der Waals surface area contributed by atoms with Gasteiger partial charge in [-0.15, -0.1) is 0 Å². The minimum absolute atomic E-state index is 0.367. The molecule has 0 aromatic carbocycles. The van der Waals surface area contributed by atoms with Gasteiger partial charge in [-0.05, 0) is 22.0 Å². The molecule has 0 atom stereocenters. The molecule has 62 valence electrons. The summed E-state index contributed by atoms with van der Waals surface area (Å²) in [5.41, 5.74) is 6.35. The standard InChI is InChI=1S/C7H7BrN4/c8-5-1-2-12-6(5)4-10-7(3-9)11-12/h1-2,4H,3,9H2. The predicted octanol–water partition coefficient (Wildman–Crippen LogP) is 0.951. The van der Waals surface area contributed by atoms with Crippen molar-refractivity contribution in [2.45, 2.75) is 6.54 Å². The van der Waals surface area contributed by atoms with Gasteiger partial charge >= 0.3 is 0 Å². The molecular formula is C7H7BrN4. The average molecular weight is 227 g/mol. The molecule has 0 spiro atoms. The van der Waals surface area contributed by atoms with E-state index >= 15 is 0 Å². The Labute approximate surface area is 77.5 Å². The summed E-state index contributed by atoms with van der Waals surface area (Å²) in [6.07, 6.45) is 3.61. The molecule has 5 heteroatoms. The number of hydrogen-bond donors (Lipinski definition) is 1. The number of nitrogens with two attached hydrogens (primary N) is 1. The maximum atomic E-state index is 5.40. The number of hydrogen-bond acceptors (Lipinski definition) is 3. The lowest BCUT2D eigenvalue weighted by Crippen LogP contribution is -2.05. The molecular weight excluding hydrogens is 220 g/mol. The second kappa shape index (κ2) is 2.84. The van der Waals surface area contributed by atoms with Gasteiger partial charge in [0.1, 0.15) is 0 Å². The first-order chi connectivity index (χ1) is 5.81. The highest BCUT2D eigenvalue weighted by Gasteiger charge is 2.00. The van der Waals surface area contributed by atoms with Gasteiger partial charge in [0.05, 0.1) is 18.3 Å². The molecule has 0 amide bonds. The Morgan fingerprint density at radius 1 is 1.58 bits per heavy atom. The molecule has 0 aliphatic rings. The molecule has 4 nitrogen and oxygen atoms in total. The highest BCUT2D eigenvalue weighted by molar-refractivity contribution is 9.10. The van der Waals surface area contributed by atoms with E-state index in [9.17, 15) is 0 Å². The van der Waals surface area contributed by atoms with E-state index in [2.05, 4.69) is 26.0 Å². The first-order valence-corrected chi connectivity index (χ1v) is 4.29. The van der Waals surface area contributed by atoms with E-state index in [0.717, 1.165) is 9.99 Å². The number of fused-ring (bicyclic) bond motifs is 1. The van der Waals surface area contributed by atoms with Crippen LogP contribution in [0.2, 0.25) is 0 Å². The summed E-state index contributed by atoms with van der Waals surface area (Å²) in [5, 5.41) is 4.17. The molecule has 2 N–H and O–H groups in total. The van der Waals surface area contributed by atoms with Gasteiger partial charge in [-0.3, -0.25) is 0 Å². The van der Waals surface area contributed by atoms with E-state index < -0.39 is 0 Å². The second-order valence-electron chi connectivity index (χ2n) is 2.37. The van der Waals surface area contributed by atoms with Crippen LogP contribution in [0.4, 0.5) is 0 Å². The van der Waals surface area contributed by atoms with Crippen molar-refractivity contribution in [3.63, 3.8) is 0 Å². The largest absolute Gasteiger partial charge is 0.324 e. The number of halogens is 1. The van der Waals surface area contributed by atoms with Crippen molar-refractivity contribution in [1.29, 1.82) is 0 Å². The van der Waals surface area contributed by atoms with Gasteiger partial charge in [0.15, 0.2) is 5.82 Å². The normalized spacial score (nSPS) is 10.8. The summed E-state index contributed by atoms with van der Waals surface area (Å²) >= 11 is 3.38. The van der Waals surface area contributed by atoms with Crippen LogP contribution < -0.4 is 5.73 Å². The molecule has 0 aliphatic carbocycles. The number of nitrogens with zero attached hydrogens (tertiary/aromatic N) is 3. The van der Waals surface area contributed by atoms with Gasteiger partial charge in [-0.25, -0.2) is 9.50 Å². The van der Waals surface area contributed by atoms with Crippen LogP contribution in [-0.2, 0) is 6.54 Å². The topological polar surface area (TPSA) is 56.2 Å². The van der Waals surface area contributed by atoms with Crippen molar-refractivity contribution in [3.05, 3.63) is 28.8 Å². The Bertz CT molecular complexity index is 409. The zero-order valence-corrected chi connectivity index (χ0v) is 7.82. The number of aromatic nitrogens is 3. The molecule has 2 heterocycles. The third-order valence-corrected chi connectivity index (χ3v) is 2.27. The van der Waals surface area contributed by atoms with Crippen LogP contribution in [0.25, 0.3) is 5.52 Å². The SMILES string of the molecule is NCc1ncc2c(Br)ccn2n1.